The van der Waals surface area contributed by atoms with Crippen molar-refractivity contribution < 1.29 is 14.4 Å². The third-order valence-electron chi connectivity index (χ3n) is 5.38. The van der Waals surface area contributed by atoms with Gasteiger partial charge in [0.05, 0.1) is 17.7 Å². The highest BCUT2D eigenvalue weighted by Crippen LogP contribution is 2.29. The van der Waals surface area contributed by atoms with Crippen LogP contribution in [0.5, 0.6) is 0 Å². The average Bonchev–Trinajstić information content (AvgIpc) is 3.16. The first kappa shape index (κ1) is 18.7. The SMILES string of the molecule is CC1(CN2C(=O)c3ccccc3C2=O)NC(=O)c2ccc(Nc3ccncn3)c(=O)n21. The maximum absolute atomic E-state index is 13.3. The summed E-state index contributed by atoms with van der Waals surface area (Å²) in [6, 6.07) is 11.1. The van der Waals surface area contributed by atoms with E-state index in [0.29, 0.717) is 16.9 Å². The van der Waals surface area contributed by atoms with Crippen molar-refractivity contribution >= 4 is 29.2 Å². The van der Waals surface area contributed by atoms with E-state index in [9.17, 15) is 19.2 Å². The number of carbonyl (C=O) groups excluding carboxylic acids is 3. The van der Waals surface area contributed by atoms with E-state index in [2.05, 4.69) is 20.6 Å². The Morgan fingerprint density at radius 3 is 2.35 bits per heavy atom. The van der Waals surface area contributed by atoms with Gasteiger partial charge in [0.25, 0.3) is 23.3 Å². The smallest absolute Gasteiger partial charge is 0.276 e. The maximum atomic E-state index is 13.3. The van der Waals surface area contributed by atoms with Gasteiger partial charge < -0.3 is 10.6 Å². The molecule has 2 aromatic heterocycles. The standard InChI is InChI=1S/C21H16N6O4/c1-21(10-26-18(29)12-4-2-3-5-13(12)19(26)30)25-17(28)15-7-6-14(20(31)27(15)21)24-16-8-9-22-11-23-16/h2-9,11H,10H2,1H3,(H,25,28)(H,22,23,24). The van der Waals surface area contributed by atoms with Crippen LogP contribution in [-0.2, 0) is 5.66 Å². The van der Waals surface area contributed by atoms with Gasteiger partial charge in [-0.1, -0.05) is 12.1 Å². The Balaban J connectivity index is 1.53. The number of benzene rings is 1. The monoisotopic (exact) mass is 416 g/mol. The molecule has 3 amide bonds. The summed E-state index contributed by atoms with van der Waals surface area (Å²) in [5, 5.41) is 5.66. The molecule has 0 saturated heterocycles. The molecule has 154 valence electrons. The summed E-state index contributed by atoms with van der Waals surface area (Å²) < 4.78 is 1.27. The second kappa shape index (κ2) is 6.59. The second-order valence-corrected chi connectivity index (χ2v) is 7.46. The van der Waals surface area contributed by atoms with Crippen molar-refractivity contribution in [3.8, 4) is 0 Å². The quantitative estimate of drug-likeness (QED) is 0.610. The zero-order valence-electron chi connectivity index (χ0n) is 16.3. The molecule has 0 bridgehead atoms. The predicted molar refractivity (Wildman–Crippen MR) is 109 cm³/mol. The fraction of sp³-hybridized carbons (Fsp3) is 0.143. The van der Waals surface area contributed by atoms with Crippen LogP contribution in [0.3, 0.4) is 0 Å². The summed E-state index contributed by atoms with van der Waals surface area (Å²) in [4.78, 5) is 60.3. The van der Waals surface area contributed by atoms with Gasteiger partial charge in [0, 0.05) is 6.20 Å². The highest BCUT2D eigenvalue weighted by Gasteiger charge is 2.46. The van der Waals surface area contributed by atoms with Gasteiger partial charge >= 0.3 is 0 Å². The van der Waals surface area contributed by atoms with E-state index in [-0.39, 0.29) is 17.9 Å². The zero-order chi connectivity index (χ0) is 21.8. The molecule has 1 atom stereocenters. The minimum absolute atomic E-state index is 0.136. The van der Waals surface area contributed by atoms with E-state index in [1.165, 1.54) is 29.2 Å². The van der Waals surface area contributed by atoms with Crippen molar-refractivity contribution in [2.24, 2.45) is 0 Å². The number of pyridine rings is 1. The first-order valence-corrected chi connectivity index (χ1v) is 9.46. The Labute approximate surface area is 175 Å². The lowest BCUT2D eigenvalue weighted by molar-refractivity contribution is 0.0558. The third-order valence-corrected chi connectivity index (χ3v) is 5.38. The molecule has 1 unspecified atom stereocenters. The van der Waals surface area contributed by atoms with Gasteiger partial charge in [0.2, 0.25) is 0 Å². The molecule has 2 aliphatic heterocycles. The molecule has 0 radical (unpaired) electrons. The van der Waals surface area contributed by atoms with Gasteiger partial charge in [-0.2, -0.15) is 0 Å². The van der Waals surface area contributed by atoms with E-state index in [1.807, 2.05) is 0 Å². The lowest BCUT2D eigenvalue weighted by Crippen LogP contribution is -2.54. The number of hydrogen-bond acceptors (Lipinski definition) is 7. The van der Waals surface area contributed by atoms with Gasteiger partial charge in [-0.25, -0.2) is 9.97 Å². The molecule has 2 N–H and O–H groups in total. The van der Waals surface area contributed by atoms with Crippen molar-refractivity contribution in [2.45, 2.75) is 12.6 Å². The van der Waals surface area contributed by atoms with Crippen molar-refractivity contribution in [3.05, 3.63) is 82.2 Å². The van der Waals surface area contributed by atoms with Crippen LogP contribution in [0.25, 0.3) is 0 Å². The van der Waals surface area contributed by atoms with Crippen molar-refractivity contribution in [3.63, 3.8) is 0 Å². The van der Waals surface area contributed by atoms with E-state index in [4.69, 9.17) is 0 Å². The van der Waals surface area contributed by atoms with Gasteiger partial charge in [0.1, 0.15) is 29.2 Å². The second-order valence-electron chi connectivity index (χ2n) is 7.46. The summed E-state index contributed by atoms with van der Waals surface area (Å²) >= 11 is 0. The number of aromatic nitrogens is 3. The molecule has 10 nitrogen and oxygen atoms in total. The zero-order valence-corrected chi connectivity index (χ0v) is 16.3. The van der Waals surface area contributed by atoms with Crippen molar-refractivity contribution in [1.29, 1.82) is 0 Å². The molecule has 0 fully saturated rings. The van der Waals surface area contributed by atoms with Crippen LogP contribution in [0.4, 0.5) is 11.5 Å². The summed E-state index contributed by atoms with van der Waals surface area (Å²) in [7, 11) is 0. The molecule has 10 heteroatoms. The topological polar surface area (TPSA) is 126 Å². The molecule has 31 heavy (non-hydrogen) atoms. The molecule has 5 rings (SSSR count). The minimum atomic E-state index is -1.32. The Kier molecular flexibility index (Phi) is 3.97. The van der Waals surface area contributed by atoms with E-state index in [0.717, 1.165) is 4.90 Å². The lowest BCUT2D eigenvalue weighted by Gasteiger charge is -2.31. The van der Waals surface area contributed by atoms with Crippen LogP contribution < -0.4 is 16.2 Å². The highest BCUT2D eigenvalue weighted by molar-refractivity contribution is 6.21. The fourth-order valence-electron chi connectivity index (χ4n) is 3.97. The normalized spacial score (nSPS) is 19.3. The number of nitrogens with one attached hydrogen (secondary N) is 2. The van der Waals surface area contributed by atoms with E-state index >= 15 is 0 Å². The Morgan fingerprint density at radius 1 is 1.00 bits per heavy atom. The number of anilines is 2. The largest absolute Gasteiger partial charge is 0.336 e. The van der Waals surface area contributed by atoms with Crippen molar-refractivity contribution in [2.75, 3.05) is 11.9 Å². The Morgan fingerprint density at radius 2 is 1.71 bits per heavy atom. The van der Waals surface area contributed by atoms with Gasteiger partial charge in [-0.15, -0.1) is 0 Å². The summed E-state index contributed by atoms with van der Waals surface area (Å²) in [6.07, 6.45) is 2.86. The van der Waals surface area contributed by atoms with Gasteiger partial charge in [0.15, 0.2) is 0 Å². The summed E-state index contributed by atoms with van der Waals surface area (Å²) in [5.41, 5.74) is -0.891. The molecule has 1 aromatic carbocycles. The molecule has 4 heterocycles. The van der Waals surface area contributed by atoms with Crippen molar-refractivity contribution in [1.82, 2.24) is 24.8 Å². The first-order valence-electron chi connectivity index (χ1n) is 9.46. The summed E-state index contributed by atoms with van der Waals surface area (Å²) in [6.45, 7) is 1.40. The van der Waals surface area contributed by atoms with Gasteiger partial charge in [-0.05, 0) is 37.3 Å². The molecular formula is C21H16N6O4. The maximum Gasteiger partial charge on any atom is 0.276 e. The van der Waals surface area contributed by atoms with Crippen LogP contribution in [-0.4, -0.2) is 43.7 Å². The molecule has 0 aliphatic carbocycles. The third kappa shape index (κ3) is 2.80. The number of amides is 3. The molecule has 0 saturated carbocycles. The number of hydrogen-bond donors (Lipinski definition) is 2. The van der Waals surface area contributed by atoms with Crippen LogP contribution in [0, 0.1) is 0 Å². The highest BCUT2D eigenvalue weighted by atomic mass is 16.2. The van der Waals surface area contributed by atoms with Crippen LogP contribution in [0.1, 0.15) is 38.1 Å². The van der Waals surface area contributed by atoms with Crippen LogP contribution in [0.15, 0.2) is 59.8 Å². The first-order chi connectivity index (χ1) is 14.9. The number of carbonyl (C=O) groups is 3. The molecular weight excluding hydrogens is 400 g/mol. The molecule has 3 aromatic rings. The lowest BCUT2D eigenvalue weighted by atomic mass is 10.1. The van der Waals surface area contributed by atoms with E-state index < -0.39 is 28.9 Å². The Bertz CT molecular complexity index is 1280. The average molecular weight is 416 g/mol. The summed E-state index contributed by atoms with van der Waals surface area (Å²) in [5.74, 6) is -0.988. The number of nitrogens with zero attached hydrogens (tertiary/aromatic N) is 4. The number of imide groups is 1. The van der Waals surface area contributed by atoms with Gasteiger partial charge in [-0.3, -0.25) is 28.6 Å². The number of fused-ring (bicyclic) bond motifs is 2. The fourth-order valence-corrected chi connectivity index (χ4v) is 3.97. The predicted octanol–water partition coefficient (Wildman–Crippen LogP) is 1.09. The van der Waals surface area contributed by atoms with Crippen LogP contribution >= 0.6 is 0 Å². The van der Waals surface area contributed by atoms with E-state index in [1.54, 1.807) is 37.3 Å². The number of rotatable bonds is 4. The van der Waals surface area contributed by atoms with Crippen LogP contribution in [0.2, 0.25) is 0 Å². The Hall–Kier alpha value is -4.34. The molecule has 2 aliphatic rings. The molecule has 0 spiro atoms. The minimum Gasteiger partial charge on any atom is -0.336 e.